The van der Waals surface area contributed by atoms with Gasteiger partial charge in [0.1, 0.15) is 5.75 Å². The van der Waals surface area contributed by atoms with E-state index in [1.54, 1.807) is 7.11 Å². The first-order chi connectivity index (χ1) is 8.59. The Kier molecular flexibility index (Phi) is 4.25. The van der Waals surface area contributed by atoms with E-state index in [0.29, 0.717) is 0 Å². The third-order valence-corrected chi connectivity index (χ3v) is 3.72. The number of rotatable bonds is 3. The molecule has 0 bridgehead atoms. The monoisotopic (exact) mass is 249 g/mol. The SMILES string of the molecule is COc1ccc(CN2CCCC(C)(O)CC2)cc1. The van der Waals surface area contributed by atoms with E-state index in [9.17, 15) is 5.11 Å². The Bertz CT molecular complexity index is 373. The summed E-state index contributed by atoms with van der Waals surface area (Å²) < 4.78 is 5.16. The zero-order valence-corrected chi connectivity index (χ0v) is 11.4. The lowest BCUT2D eigenvalue weighted by Crippen LogP contribution is -2.28. The molecular formula is C15H23NO2. The summed E-state index contributed by atoms with van der Waals surface area (Å²) in [6.45, 7) is 4.95. The van der Waals surface area contributed by atoms with Gasteiger partial charge in [-0.2, -0.15) is 0 Å². The maximum atomic E-state index is 10.1. The second-order valence-corrected chi connectivity index (χ2v) is 5.47. The van der Waals surface area contributed by atoms with Gasteiger partial charge in [-0.15, -0.1) is 0 Å². The van der Waals surface area contributed by atoms with Gasteiger partial charge in [-0.05, 0) is 50.4 Å². The van der Waals surface area contributed by atoms with Crippen LogP contribution in [0.1, 0.15) is 31.7 Å². The number of methoxy groups -OCH3 is 1. The first kappa shape index (κ1) is 13.4. The quantitative estimate of drug-likeness (QED) is 0.893. The smallest absolute Gasteiger partial charge is 0.118 e. The average Bonchev–Trinajstić information content (AvgIpc) is 2.52. The average molecular weight is 249 g/mol. The van der Waals surface area contributed by atoms with E-state index in [1.807, 2.05) is 19.1 Å². The summed E-state index contributed by atoms with van der Waals surface area (Å²) >= 11 is 0. The van der Waals surface area contributed by atoms with Crippen LogP contribution in [0.5, 0.6) is 5.75 Å². The third kappa shape index (κ3) is 3.72. The van der Waals surface area contributed by atoms with E-state index in [4.69, 9.17) is 4.74 Å². The molecule has 1 aromatic carbocycles. The van der Waals surface area contributed by atoms with Crippen LogP contribution in [-0.4, -0.2) is 35.8 Å². The highest BCUT2D eigenvalue weighted by Crippen LogP contribution is 2.22. The molecule has 18 heavy (non-hydrogen) atoms. The van der Waals surface area contributed by atoms with Gasteiger partial charge in [0, 0.05) is 13.1 Å². The van der Waals surface area contributed by atoms with Crippen molar-refractivity contribution in [3.05, 3.63) is 29.8 Å². The number of likely N-dealkylation sites (tertiary alicyclic amines) is 1. The molecule has 1 saturated heterocycles. The second kappa shape index (κ2) is 5.72. The van der Waals surface area contributed by atoms with Crippen LogP contribution in [0.4, 0.5) is 0 Å². The number of nitrogens with zero attached hydrogens (tertiary/aromatic N) is 1. The van der Waals surface area contributed by atoms with Gasteiger partial charge in [0.25, 0.3) is 0 Å². The largest absolute Gasteiger partial charge is 0.497 e. The minimum atomic E-state index is -0.478. The van der Waals surface area contributed by atoms with Crippen molar-refractivity contribution in [1.82, 2.24) is 4.90 Å². The van der Waals surface area contributed by atoms with Crippen LogP contribution < -0.4 is 4.74 Å². The van der Waals surface area contributed by atoms with Crippen molar-refractivity contribution in [3.8, 4) is 5.75 Å². The highest BCUT2D eigenvalue weighted by atomic mass is 16.5. The molecule has 0 radical (unpaired) electrons. The molecule has 1 aliphatic heterocycles. The molecule has 2 rings (SSSR count). The number of hydrogen-bond donors (Lipinski definition) is 1. The summed E-state index contributed by atoms with van der Waals surface area (Å²) in [4.78, 5) is 2.42. The standard InChI is InChI=1S/C15H23NO2/c1-15(17)8-3-10-16(11-9-15)12-13-4-6-14(18-2)7-5-13/h4-7,17H,3,8-12H2,1-2H3. The Morgan fingerprint density at radius 1 is 1.22 bits per heavy atom. The molecule has 100 valence electrons. The molecule has 1 N–H and O–H groups in total. The van der Waals surface area contributed by atoms with E-state index in [1.165, 1.54) is 5.56 Å². The maximum Gasteiger partial charge on any atom is 0.118 e. The number of benzene rings is 1. The molecule has 0 saturated carbocycles. The Labute approximate surface area is 109 Å². The van der Waals surface area contributed by atoms with E-state index in [0.717, 1.165) is 44.6 Å². The van der Waals surface area contributed by atoms with Crippen LogP contribution in [0.2, 0.25) is 0 Å². The van der Waals surface area contributed by atoms with Crippen LogP contribution in [0.25, 0.3) is 0 Å². The molecule has 0 aliphatic carbocycles. The number of aliphatic hydroxyl groups is 1. The predicted octanol–water partition coefficient (Wildman–Crippen LogP) is 2.43. The minimum Gasteiger partial charge on any atom is -0.497 e. The van der Waals surface area contributed by atoms with Crippen molar-refractivity contribution in [3.63, 3.8) is 0 Å². The Hall–Kier alpha value is -1.06. The first-order valence-corrected chi connectivity index (χ1v) is 6.67. The molecule has 0 spiro atoms. The third-order valence-electron chi connectivity index (χ3n) is 3.72. The van der Waals surface area contributed by atoms with Gasteiger partial charge < -0.3 is 9.84 Å². The number of hydrogen-bond acceptors (Lipinski definition) is 3. The molecule has 0 aromatic heterocycles. The zero-order chi connectivity index (χ0) is 13.0. The Morgan fingerprint density at radius 3 is 2.61 bits per heavy atom. The lowest BCUT2D eigenvalue weighted by molar-refractivity contribution is 0.0444. The van der Waals surface area contributed by atoms with Gasteiger partial charge >= 0.3 is 0 Å². The van der Waals surface area contributed by atoms with Crippen molar-refractivity contribution in [2.45, 2.75) is 38.3 Å². The zero-order valence-electron chi connectivity index (χ0n) is 11.4. The van der Waals surface area contributed by atoms with Gasteiger partial charge in [0.2, 0.25) is 0 Å². The Morgan fingerprint density at radius 2 is 1.94 bits per heavy atom. The molecule has 1 fully saturated rings. The Balaban J connectivity index is 1.92. The van der Waals surface area contributed by atoms with Crippen molar-refractivity contribution in [2.75, 3.05) is 20.2 Å². The maximum absolute atomic E-state index is 10.1. The van der Waals surface area contributed by atoms with Gasteiger partial charge in [0.15, 0.2) is 0 Å². The van der Waals surface area contributed by atoms with Gasteiger partial charge in [-0.25, -0.2) is 0 Å². The fourth-order valence-electron chi connectivity index (χ4n) is 2.47. The first-order valence-electron chi connectivity index (χ1n) is 6.67. The van der Waals surface area contributed by atoms with Crippen LogP contribution in [0, 0.1) is 0 Å². The van der Waals surface area contributed by atoms with Gasteiger partial charge in [0.05, 0.1) is 12.7 Å². The summed E-state index contributed by atoms with van der Waals surface area (Å²) in [5.41, 5.74) is 0.826. The van der Waals surface area contributed by atoms with Gasteiger partial charge in [-0.1, -0.05) is 12.1 Å². The van der Waals surface area contributed by atoms with Crippen molar-refractivity contribution in [2.24, 2.45) is 0 Å². The van der Waals surface area contributed by atoms with Crippen LogP contribution >= 0.6 is 0 Å². The van der Waals surface area contributed by atoms with Gasteiger partial charge in [-0.3, -0.25) is 4.90 Å². The fourth-order valence-corrected chi connectivity index (χ4v) is 2.47. The number of ether oxygens (including phenoxy) is 1. The van der Waals surface area contributed by atoms with E-state index < -0.39 is 5.60 Å². The molecule has 1 aliphatic rings. The molecule has 3 nitrogen and oxygen atoms in total. The molecule has 1 aromatic rings. The van der Waals surface area contributed by atoms with E-state index in [2.05, 4.69) is 17.0 Å². The van der Waals surface area contributed by atoms with E-state index >= 15 is 0 Å². The minimum absolute atomic E-state index is 0.478. The summed E-state index contributed by atoms with van der Waals surface area (Å²) in [6, 6.07) is 8.23. The van der Waals surface area contributed by atoms with Crippen molar-refractivity contribution in [1.29, 1.82) is 0 Å². The van der Waals surface area contributed by atoms with Crippen molar-refractivity contribution >= 4 is 0 Å². The second-order valence-electron chi connectivity index (χ2n) is 5.47. The molecule has 1 heterocycles. The summed E-state index contributed by atoms with van der Waals surface area (Å²) in [5.74, 6) is 0.901. The highest BCUT2D eigenvalue weighted by molar-refractivity contribution is 5.27. The fraction of sp³-hybridized carbons (Fsp3) is 0.600. The normalized spacial score (nSPS) is 25.7. The lowest BCUT2D eigenvalue weighted by atomic mass is 9.98. The molecule has 3 heteroatoms. The molecule has 1 unspecified atom stereocenters. The topological polar surface area (TPSA) is 32.7 Å². The van der Waals surface area contributed by atoms with Crippen LogP contribution in [0.3, 0.4) is 0 Å². The van der Waals surface area contributed by atoms with E-state index in [-0.39, 0.29) is 0 Å². The predicted molar refractivity (Wildman–Crippen MR) is 72.7 cm³/mol. The molecule has 0 amide bonds. The molecular weight excluding hydrogens is 226 g/mol. The molecule has 1 atom stereocenters. The van der Waals surface area contributed by atoms with Crippen LogP contribution in [-0.2, 0) is 6.54 Å². The summed E-state index contributed by atoms with van der Waals surface area (Å²) in [7, 11) is 1.69. The lowest BCUT2D eigenvalue weighted by Gasteiger charge is -2.22. The highest BCUT2D eigenvalue weighted by Gasteiger charge is 2.24. The summed E-state index contributed by atoms with van der Waals surface area (Å²) in [5, 5.41) is 10.1. The summed E-state index contributed by atoms with van der Waals surface area (Å²) in [6.07, 6.45) is 2.85. The van der Waals surface area contributed by atoms with Crippen molar-refractivity contribution < 1.29 is 9.84 Å². The van der Waals surface area contributed by atoms with Crippen LogP contribution in [0.15, 0.2) is 24.3 Å².